The molecule has 0 radical (unpaired) electrons. The third-order valence-electron chi connectivity index (χ3n) is 14.7. The second kappa shape index (κ2) is 15.4. The van der Waals surface area contributed by atoms with Crippen molar-refractivity contribution in [1.29, 1.82) is 0 Å². The number of fused-ring (bicyclic) bond motifs is 7. The Hall–Kier alpha value is -8.32. The molecule has 12 aromatic rings. The average Bonchev–Trinajstić information content (AvgIpc) is 3.62. The highest BCUT2D eigenvalue weighted by Gasteiger charge is 2.35. The zero-order valence-corrected chi connectivity index (χ0v) is 37.6. The van der Waals surface area contributed by atoms with Crippen molar-refractivity contribution in [3.63, 3.8) is 0 Å². The van der Waals surface area contributed by atoms with Gasteiger partial charge in [0.2, 0.25) is 0 Å². The molecule has 0 unspecified atom stereocenters. The van der Waals surface area contributed by atoms with Crippen LogP contribution in [0.1, 0.15) is 25.0 Å². The van der Waals surface area contributed by atoms with Gasteiger partial charge in [-0.2, -0.15) is 0 Å². The van der Waals surface area contributed by atoms with Crippen LogP contribution < -0.4 is 0 Å². The maximum absolute atomic E-state index is 2.49. The first-order valence-electron chi connectivity index (χ1n) is 23.5. The fourth-order valence-corrected chi connectivity index (χ4v) is 11.5. The Morgan fingerprint density at radius 3 is 1.01 bits per heavy atom. The van der Waals surface area contributed by atoms with Crippen molar-refractivity contribution in [2.75, 3.05) is 0 Å². The van der Waals surface area contributed by atoms with Crippen molar-refractivity contribution in [3.05, 3.63) is 254 Å². The van der Waals surface area contributed by atoms with Gasteiger partial charge in [0.05, 0.1) is 0 Å². The van der Waals surface area contributed by atoms with Crippen molar-refractivity contribution in [2.45, 2.75) is 19.3 Å². The van der Waals surface area contributed by atoms with Gasteiger partial charge >= 0.3 is 0 Å². The summed E-state index contributed by atoms with van der Waals surface area (Å²) < 4.78 is 0. The molecular weight excluding hydrogens is 805 g/mol. The monoisotopic (exact) mass is 850 g/mol. The summed E-state index contributed by atoms with van der Waals surface area (Å²) in [4.78, 5) is 0. The Balaban J connectivity index is 1.06. The Kier molecular flexibility index (Phi) is 8.98. The van der Waals surface area contributed by atoms with Gasteiger partial charge in [-0.1, -0.05) is 244 Å². The molecule has 0 spiro atoms. The minimum Gasteiger partial charge on any atom is -0.0622 e. The lowest BCUT2D eigenvalue weighted by Crippen LogP contribution is -2.14. The topological polar surface area (TPSA) is 0 Å². The SMILES string of the molecule is CC1(C)c2ccccc2-c2ccc(-c3c4ccccc4c(-c4ccc5c(-c6ccc(-c7ccccc7)cc6)c6ccccc6c(-c6ccc(-c7ccccc7)cc6)c5c4)c4ccccc34)cc21. The Morgan fingerprint density at radius 2 is 0.522 bits per heavy atom. The van der Waals surface area contributed by atoms with Gasteiger partial charge in [0, 0.05) is 5.41 Å². The van der Waals surface area contributed by atoms with Crippen LogP contribution in [0.4, 0.5) is 0 Å². The lowest BCUT2D eigenvalue weighted by atomic mass is 9.80. The molecule has 0 saturated carbocycles. The average molecular weight is 851 g/mol. The molecular formula is C67H46. The van der Waals surface area contributed by atoms with E-state index in [4.69, 9.17) is 0 Å². The Bertz CT molecular complexity index is 3840. The van der Waals surface area contributed by atoms with Crippen LogP contribution in [-0.4, -0.2) is 0 Å². The van der Waals surface area contributed by atoms with Crippen molar-refractivity contribution in [3.8, 4) is 77.9 Å². The molecule has 0 nitrogen and oxygen atoms in total. The molecule has 0 N–H and O–H groups in total. The standard InChI is InChI=1S/C67H46/c1-67(2)61-28-16-15-21-51(61)52-39-37-50(42-62(52)67)66-57-26-13-11-24-55(57)65(56-25-12-14-27-58(56)66)49-38-40-59-60(41-49)64(48-35-31-46(32-36-48)44-19-7-4-8-20-44)54-23-10-9-22-53(54)63(59)47-33-29-45(30-34-47)43-17-5-3-6-18-43/h3-42H,1-2H3. The molecule has 1 aliphatic carbocycles. The largest absolute Gasteiger partial charge is 0.0622 e. The molecule has 314 valence electrons. The van der Waals surface area contributed by atoms with Gasteiger partial charge < -0.3 is 0 Å². The van der Waals surface area contributed by atoms with E-state index in [-0.39, 0.29) is 5.41 Å². The van der Waals surface area contributed by atoms with E-state index < -0.39 is 0 Å². The van der Waals surface area contributed by atoms with E-state index in [1.807, 2.05) is 0 Å². The Labute approximate surface area is 392 Å². The highest BCUT2D eigenvalue weighted by atomic mass is 14.4. The molecule has 67 heavy (non-hydrogen) atoms. The van der Waals surface area contributed by atoms with E-state index in [9.17, 15) is 0 Å². The van der Waals surface area contributed by atoms with Gasteiger partial charge in [0.15, 0.2) is 0 Å². The Morgan fingerprint density at radius 1 is 0.209 bits per heavy atom. The summed E-state index contributed by atoms with van der Waals surface area (Å²) in [5, 5.41) is 10.0. The molecule has 13 rings (SSSR count). The predicted molar refractivity (Wildman–Crippen MR) is 287 cm³/mol. The third kappa shape index (κ3) is 6.21. The first-order chi connectivity index (χ1) is 33.0. The number of hydrogen-bond acceptors (Lipinski definition) is 0. The number of rotatable bonds is 6. The third-order valence-corrected chi connectivity index (χ3v) is 14.7. The fraction of sp³-hybridized carbons (Fsp3) is 0.0448. The molecule has 0 aromatic heterocycles. The maximum atomic E-state index is 2.49. The highest BCUT2D eigenvalue weighted by Crippen LogP contribution is 2.52. The van der Waals surface area contributed by atoms with E-state index in [1.54, 1.807) is 0 Å². The van der Waals surface area contributed by atoms with Gasteiger partial charge in [-0.15, -0.1) is 0 Å². The van der Waals surface area contributed by atoms with Gasteiger partial charge in [0.1, 0.15) is 0 Å². The minimum atomic E-state index is -0.0921. The molecule has 0 heterocycles. The summed E-state index contributed by atoms with van der Waals surface area (Å²) >= 11 is 0. The summed E-state index contributed by atoms with van der Waals surface area (Å²) in [7, 11) is 0. The second-order valence-electron chi connectivity index (χ2n) is 18.7. The van der Waals surface area contributed by atoms with Crippen LogP contribution in [-0.2, 0) is 5.41 Å². The van der Waals surface area contributed by atoms with Crippen LogP contribution in [0.15, 0.2) is 243 Å². The zero-order chi connectivity index (χ0) is 44.6. The lowest BCUT2D eigenvalue weighted by Gasteiger charge is -2.23. The quantitative estimate of drug-likeness (QED) is 0.146. The second-order valence-corrected chi connectivity index (χ2v) is 18.7. The van der Waals surface area contributed by atoms with Crippen LogP contribution in [0.25, 0.3) is 121 Å². The summed E-state index contributed by atoms with van der Waals surface area (Å²) in [6.07, 6.45) is 0. The summed E-state index contributed by atoms with van der Waals surface area (Å²) in [5.74, 6) is 0. The maximum Gasteiger partial charge on any atom is 0.0159 e. The van der Waals surface area contributed by atoms with Crippen LogP contribution in [0.2, 0.25) is 0 Å². The minimum absolute atomic E-state index is 0.0921. The van der Waals surface area contributed by atoms with E-state index in [0.29, 0.717) is 0 Å². The molecule has 0 bridgehead atoms. The zero-order valence-electron chi connectivity index (χ0n) is 37.6. The molecule has 0 saturated heterocycles. The molecule has 0 amide bonds. The van der Waals surface area contributed by atoms with Gasteiger partial charge in [-0.3, -0.25) is 0 Å². The van der Waals surface area contributed by atoms with E-state index >= 15 is 0 Å². The van der Waals surface area contributed by atoms with Crippen LogP contribution >= 0.6 is 0 Å². The molecule has 1 aliphatic rings. The van der Waals surface area contributed by atoms with E-state index in [0.717, 1.165) is 0 Å². The van der Waals surface area contributed by atoms with Crippen LogP contribution in [0.3, 0.4) is 0 Å². The summed E-state index contributed by atoms with van der Waals surface area (Å²) in [6.45, 7) is 4.75. The molecule has 0 heteroatoms. The predicted octanol–water partition coefficient (Wildman–Crippen LogP) is 18.6. The van der Waals surface area contributed by atoms with Crippen molar-refractivity contribution in [2.24, 2.45) is 0 Å². The smallest absolute Gasteiger partial charge is 0.0159 e. The highest BCUT2D eigenvalue weighted by molar-refractivity contribution is 6.25. The molecule has 0 aliphatic heterocycles. The lowest BCUT2D eigenvalue weighted by molar-refractivity contribution is 0.660. The fourth-order valence-electron chi connectivity index (χ4n) is 11.5. The number of hydrogen-bond donors (Lipinski definition) is 0. The normalized spacial score (nSPS) is 12.7. The van der Waals surface area contributed by atoms with E-state index in [1.165, 1.54) is 132 Å². The van der Waals surface area contributed by atoms with Gasteiger partial charge in [-0.05, 0) is 144 Å². The van der Waals surface area contributed by atoms with E-state index in [2.05, 4.69) is 257 Å². The van der Waals surface area contributed by atoms with Crippen LogP contribution in [0.5, 0.6) is 0 Å². The molecule has 0 fully saturated rings. The van der Waals surface area contributed by atoms with Crippen molar-refractivity contribution in [1.82, 2.24) is 0 Å². The van der Waals surface area contributed by atoms with Crippen LogP contribution in [0, 0.1) is 0 Å². The molecule has 0 atom stereocenters. The van der Waals surface area contributed by atoms with Crippen molar-refractivity contribution >= 4 is 43.1 Å². The number of benzene rings is 12. The summed E-state index contributed by atoms with van der Waals surface area (Å²) in [5.41, 5.74) is 20.2. The summed E-state index contributed by atoms with van der Waals surface area (Å²) in [6, 6.07) is 90.3. The van der Waals surface area contributed by atoms with Gasteiger partial charge in [0.25, 0.3) is 0 Å². The first kappa shape index (κ1) is 39.1. The first-order valence-corrected chi connectivity index (χ1v) is 23.5. The van der Waals surface area contributed by atoms with Crippen molar-refractivity contribution < 1.29 is 0 Å². The molecule has 12 aromatic carbocycles. The van der Waals surface area contributed by atoms with Gasteiger partial charge in [-0.25, -0.2) is 0 Å².